The Morgan fingerprint density at radius 3 is 2.47 bits per heavy atom. The monoisotopic (exact) mass is 303 g/mol. The number of hydrogen-bond donors (Lipinski definition) is 1. The molecule has 0 aromatic heterocycles. The first-order valence-corrected chi connectivity index (χ1v) is 7.49. The number of ether oxygens (including phenoxy) is 1. The van der Waals surface area contributed by atoms with Crippen LogP contribution in [-0.2, 0) is 9.53 Å². The molecule has 3 nitrogen and oxygen atoms in total. The molecule has 1 amide bonds. The maximum absolute atomic E-state index is 12.1. The molecule has 5 atom stereocenters. The average Bonchev–Trinajstić information content (AvgIpc) is 3.06. The van der Waals surface area contributed by atoms with Crippen molar-refractivity contribution in [2.45, 2.75) is 50.6 Å². The largest absolute Gasteiger partial charge is 0.374 e. The van der Waals surface area contributed by atoms with Gasteiger partial charge in [-0.25, -0.2) is 0 Å². The van der Waals surface area contributed by atoms with Crippen molar-refractivity contribution in [2.75, 3.05) is 6.54 Å². The second-order valence-corrected chi connectivity index (χ2v) is 6.71. The zero-order valence-corrected chi connectivity index (χ0v) is 12.4. The highest BCUT2D eigenvalue weighted by Crippen LogP contribution is 2.36. The summed E-state index contributed by atoms with van der Waals surface area (Å²) in [5.74, 6) is 1.23. The Bertz CT molecular complexity index is 293. The fourth-order valence-corrected chi connectivity index (χ4v) is 3.35. The molecule has 1 N–H and O–H groups in total. The summed E-state index contributed by atoms with van der Waals surface area (Å²) >= 11 is 3.64. The van der Waals surface area contributed by atoms with Crippen molar-refractivity contribution in [3.63, 3.8) is 0 Å². The molecular formula is C13H22BrNO2. The van der Waals surface area contributed by atoms with Crippen LogP contribution >= 0.6 is 15.9 Å². The van der Waals surface area contributed by atoms with Crippen LogP contribution in [0.5, 0.6) is 0 Å². The van der Waals surface area contributed by atoms with Crippen LogP contribution in [0.25, 0.3) is 0 Å². The van der Waals surface area contributed by atoms with E-state index in [4.69, 9.17) is 4.74 Å². The van der Waals surface area contributed by atoms with Gasteiger partial charge in [-0.15, -0.1) is 0 Å². The molecule has 2 rings (SSSR count). The first-order valence-electron chi connectivity index (χ1n) is 6.58. The fourth-order valence-electron chi connectivity index (χ4n) is 2.66. The summed E-state index contributed by atoms with van der Waals surface area (Å²) in [5.41, 5.74) is 0. The molecule has 2 fully saturated rings. The van der Waals surface area contributed by atoms with Gasteiger partial charge >= 0.3 is 0 Å². The lowest BCUT2D eigenvalue weighted by molar-refractivity contribution is -0.127. The van der Waals surface area contributed by atoms with E-state index >= 15 is 0 Å². The molecule has 4 heteroatoms. The number of hydrogen-bond acceptors (Lipinski definition) is 2. The summed E-state index contributed by atoms with van der Waals surface area (Å²) in [5, 5.41) is 3.06. The third kappa shape index (κ3) is 3.02. The summed E-state index contributed by atoms with van der Waals surface area (Å²) in [6.07, 6.45) is 2.81. The predicted octanol–water partition coefficient (Wildman–Crippen LogP) is 2.34. The zero-order valence-electron chi connectivity index (χ0n) is 10.8. The van der Waals surface area contributed by atoms with Crippen molar-refractivity contribution in [1.29, 1.82) is 0 Å². The summed E-state index contributed by atoms with van der Waals surface area (Å²) in [6.45, 7) is 6.89. The third-order valence-corrected chi connectivity index (χ3v) is 5.22. The Kier molecular flexibility index (Phi) is 4.14. The summed E-state index contributed by atoms with van der Waals surface area (Å²) in [7, 11) is 0. The van der Waals surface area contributed by atoms with E-state index in [1.807, 2.05) is 13.8 Å². The Balaban J connectivity index is 1.82. The van der Waals surface area contributed by atoms with Gasteiger partial charge in [0.15, 0.2) is 0 Å². The van der Waals surface area contributed by atoms with Crippen LogP contribution in [0.15, 0.2) is 0 Å². The quantitative estimate of drug-likeness (QED) is 0.810. The number of carbonyl (C=O) groups excluding carboxylic acids is 1. The molecule has 1 heterocycles. The maximum atomic E-state index is 12.1. The summed E-state index contributed by atoms with van der Waals surface area (Å²) in [6, 6.07) is 0. The van der Waals surface area contributed by atoms with Crippen molar-refractivity contribution in [3.05, 3.63) is 0 Å². The standard InChI is InChI=1S/C13H22BrNO2/c1-7-8(2)17-9(3)12(7)13(16)15-6-11(14)10-4-5-10/h7-12H,4-6H2,1-3H3,(H,15,16). The second kappa shape index (κ2) is 5.27. The van der Waals surface area contributed by atoms with Gasteiger partial charge in [0.05, 0.1) is 18.1 Å². The molecule has 1 aliphatic carbocycles. The minimum Gasteiger partial charge on any atom is -0.374 e. The predicted molar refractivity (Wildman–Crippen MR) is 71.1 cm³/mol. The number of nitrogens with one attached hydrogen (secondary N) is 1. The highest BCUT2D eigenvalue weighted by molar-refractivity contribution is 9.09. The van der Waals surface area contributed by atoms with E-state index in [-0.39, 0.29) is 24.0 Å². The van der Waals surface area contributed by atoms with Crippen molar-refractivity contribution < 1.29 is 9.53 Å². The van der Waals surface area contributed by atoms with Crippen LogP contribution in [0, 0.1) is 17.8 Å². The molecule has 1 saturated carbocycles. The maximum Gasteiger partial charge on any atom is 0.226 e. The van der Waals surface area contributed by atoms with Crippen molar-refractivity contribution >= 4 is 21.8 Å². The molecule has 0 aromatic carbocycles. The highest BCUT2D eigenvalue weighted by atomic mass is 79.9. The van der Waals surface area contributed by atoms with Gasteiger partial charge in [0.25, 0.3) is 0 Å². The van der Waals surface area contributed by atoms with Crippen LogP contribution in [0.2, 0.25) is 0 Å². The van der Waals surface area contributed by atoms with E-state index < -0.39 is 0 Å². The lowest BCUT2D eigenvalue weighted by Crippen LogP contribution is -2.40. The topological polar surface area (TPSA) is 38.3 Å². The van der Waals surface area contributed by atoms with Gasteiger partial charge in [-0.3, -0.25) is 4.79 Å². The molecular weight excluding hydrogens is 282 g/mol. The van der Waals surface area contributed by atoms with Crippen molar-refractivity contribution in [3.8, 4) is 0 Å². The zero-order chi connectivity index (χ0) is 12.6. The van der Waals surface area contributed by atoms with Gasteiger partial charge < -0.3 is 10.1 Å². The highest BCUT2D eigenvalue weighted by Gasteiger charge is 2.41. The average molecular weight is 304 g/mol. The van der Waals surface area contributed by atoms with E-state index in [2.05, 4.69) is 28.2 Å². The van der Waals surface area contributed by atoms with Gasteiger partial charge in [-0.1, -0.05) is 22.9 Å². The molecule has 2 aliphatic rings. The number of carbonyl (C=O) groups is 1. The normalized spacial score (nSPS) is 39.1. The summed E-state index contributed by atoms with van der Waals surface area (Å²) in [4.78, 5) is 12.6. The molecule has 1 aliphatic heterocycles. The van der Waals surface area contributed by atoms with E-state index in [0.717, 1.165) is 12.5 Å². The van der Waals surface area contributed by atoms with E-state index in [9.17, 15) is 4.79 Å². The van der Waals surface area contributed by atoms with Crippen LogP contribution in [-0.4, -0.2) is 29.5 Å². The van der Waals surface area contributed by atoms with Gasteiger partial charge in [-0.05, 0) is 38.5 Å². The molecule has 0 spiro atoms. The first kappa shape index (κ1) is 13.3. The number of halogens is 1. The molecule has 0 radical (unpaired) electrons. The molecule has 17 heavy (non-hydrogen) atoms. The van der Waals surface area contributed by atoms with Crippen LogP contribution in [0.4, 0.5) is 0 Å². The first-order chi connectivity index (χ1) is 8.00. The van der Waals surface area contributed by atoms with E-state index in [0.29, 0.717) is 10.7 Å². The summed E-state index contributed by atoms with van der Waals surface area (Å²) < 4.78 is 5.70. The number of amides is 1. The van der Waals surface area contributed by atoms with Crippen LogP contribution in [0.3, 0.4) is 0 Å². The number of rotatable bonds is 4. The molecule has 5 unspecified atom stereocenters. The lowest BCUT2D eigenvalue weighted by atomic mass is 9.89. The van der Waals surface area contributed by atoms with Gasteiger partial charge in [-0.2, -0.15) is 0 Å². The molecule has 0 aromatic rings. The second-order valence-electron chi connectivity index (χ2n) is 5.53. The Morgan fingerprint density at radius 1 is 1.35 bits per heavy atom. The molecule has 0 bridgehead atoms. The molecule has 1 saturated heterocycles. The van der Waals surface area contributed by atoms with Gasteiger partial charge in [0, 0.05) is 11.4 Å². The van der Waals surface area contributed by atoms with Gasteiger partial charge in [0.2, 0.25) is 5.91 Å². The Labute approximate surface area is 112 Å². The fraction of sp³-hybridized carbons (Fsp3) is 0.923. The van der Waals surface area contributed by atoms with Crippen LogP contribution in [0.1, 0.15) is 33.6 Å². The third-order valence-electron chi connectivity index (χ3n) is 4.15. The molecule has 98 valence electrons. The lowest BCUT2D eigenvalue weighted by Gasteiger charge is -2.19. The van der Waals surface area contributed by atoms with E-state index in [1.165, 1.54) is 12.8 Å². The SMILES string of the molecule is CC1OC(C)C(C(=O)NCC(Br)C2CC2)C1C. The Hall–Kier alpha value is -0.0900. The van der Waals surface area contributed by atoms with Gasteiger partial charge in [0.1, 0.15) is 0 Å². The van der Waals surface area contributed by atoms with Crippen molar-refractivity contribution in [1.82, 2.24) is 5.32 Å². The smallest absolute Gasteiger partial charge is 0.226 e. The minimum absolute atomic E-state index is 0.00361. The minimum atomic E-state index is 0.00361. The Morgan fingerprint density at radius 2 is 2.00 bits per heavy atom. The number of alkyl halides is 1. The van der Waals surface area contributed by atoms with Crippen LogP contribution < -0.4 is 5.32 Å². The van der Waals surface area contributed by atoms with E-state index in [1.54, 1.807) is 0 Å². The van der Waals surface area contributed by atoms with Crippen molar-refractivity contribution in [2.24, 2.45) is 17.8 Å².